The first-order valence-electron chi connectivity index (χ1n) is 5.36. The maximum Gasteiger partial charge on any atom is 0.322 e. The van der Waals surface area contributed by atoms with Crippen LogP contribution in [0.5, 0.6) is 0 Å². The number of nitrogens with one attached hydrogen (secondary N) is 1. The minimum atomic E-state index is -4.34. The van der Waals surface area contributed by atoms with E-state index in [0.717, 1.165) is 12.1 Å². The molecule has 0 aliphatic heterocycles. The molecule has 7 nitrogen and oxygen atoms in total. The molecule has 0 heterocycles. The van der Waals surface area contributed by atoms with Crippen LogP contribution in [0.25, 0.3) is 0 Å². The van der Waals surface area contributed by atoms with Gasteiger partial charge in [-0.25, -0.2) is 12.8 Å². The van der Waals surface area contributed by atoms with E-state index >= 15 is 0 Å². The predicted octanol–water partition coefficient (Wildman–Crippen LogP) is 0.340. The van der Waals surface area contributed by atoms with Crippen LogP contribution in [0.4, 0.5) is 4.39 Å². The molecule has 0 saturated heterocycles. The largest absolute Gasteiger partial charge is 0.481 e. The third-order valence-corrected chi connectivity index (χ3v) is 4.03. The standard InChI is InChI=1S/C11H12FNO6S/c1-6-2-3-7(12)4-9(6)20(18,19)13-8(11(16)17)5-10(14)15/h2-4,8,13H,5H2,1H3,(H,14,15)(H,16,17)/t8-/m0/s1. The van der Waals surface area contributed by atoms with E-state index in [1.54, 1.807) is 4.72 Å². The SMILES string of the molecule is Cc1ccc(F)cc1S(=O)(=O)N[C@@H](CC(=O)O)C(=O)O. The Morgan fingerprint density at radius 2 is 1.95 bits per heavy atom. The lowest BCUT2D eigenvalue weighted by atomic mass is 10.2. The van der Waals surface area contributed by atoms with Crippen LogP contribution < -0.4 is 4.72 Å². The van der Waals surface area contributed by atoms with Gasteiger partial charge in [-0.1, -0.05) is 6.07 Å². The van der Waals surface area contributed by atoms with Gasteiger partial charge in [0.2, 0.25) is 10.0 Å². The lowest BCUT2D eigenvalue weighted by molar-refractivity contribution is -0.145. The van der Waals surface area contributed by atoms with Crippen molar-refractivity contribution in [2.45, 2.75) is 24.3 Å². The van der Waals surface area contributed by atoms with Crippen molar-refractivity contribution in [3.8, 4) is 0 Å². The van der Waals surface area contributed by atoms with E-state index in [4.69, 9.17) is 10.2 Å². The highest BCUT2D eigenvalue weighted by molar-refractivity contribution is 7.89. The Hall–Kier alpha value is -2.00. The molecule has 110 valence electrons. The zero-order chi connectivity index (χ0) is 15.5. The maximum atomic E-state index is 13.1. The van der Waals surface area contributed by atoms with Crippen molar-refractivity contribution >= 4 is 22.0 Å². The van der Waals surface area contributed by atoms with Gasteiger partial charge in [0.25, 0.3) is 0 Å². The van der Waals surface area contributed by atoms with Gasteiger partial charge >= 0.3 is 11.9 Å². The number of hydrogen-bond acceptors (Lipinski definition) is 4. The zero-order valence-corrected chi connectivity index (χ0v) is 11.1. The Morgan fingerprint density at radius 3 is 2.45 bits per heavy atom. The quantitative estimate of drug-likeness (QED) is 0.697. The van der Waals surface area contributed by atoms with Gasteiger partial charge in [-0.2, -0.15) is 4.72 Å². The number of aliphatic carboxylic acids is 2. The topological polar surface area (TPSA) is 121 Å². The van der Waals surface area contributed by atoms with Crippen molar-refractivity contribution < 1.29 is 32.6 Å². The molecule has 20 heavy (non-hydrogen) atoms. The van der Waals surface area contributed by atoms with Gasteiger partial charge in [-0.3, -0.25) is 9.59 Å². The van der Waals surface area contributed by atoms with Gasteiger partial charge in [-0.05, 0) is 24.6 Å². The van der Waals surface area contributed by atoms with Crippen LogP contribution in [0.1, 0.15) is 12.0 Å². The fraction of sp³-hybridized carbons (Fsp3) is 0.273. The first-order valence-corrected chi connectivity index (χ1v) is 6.85. The maximum absolute atomic E-state index is 13.1. The summed E-state index contributed by atoms with van der Waals surface area (Å²) in [6.07, 6.45) is -0.928. The molecule has 0 radical (unpaired) electrons. The van der Waals surface area contributed by atoms with Crippen molar-refractivity contribution in [1.82, 2.24) is 4.72 Å². The minimum absolute atomic E-state index is 0.207. The van der Waals surface area contributed by atoms with Crippen LogP contribution >= 0.6 is 0 Å². The summed E-state index contributed by atoms with van der Waals surface area (Å²) < 4.78 is 38.7. The molecule has 0 fully saturated rings. The molecule has 1 rings (SSSR count). The van der Waals surface area contributed by atoms with Crippen LogP contribution in [-0.2, 0) is 19.6 Å². The number of carbonyl (C=O) groups is 2. The predicted molar refractivity (Wildman–Crippen MR) is 65.1 cm³/mol. The molecule has 0 aromatic heterocycles. The Bertz CT molecular complexity index is 642. The fourth-order valence-corrected chi connectivity index (χ4v) is 2.91. The average Bonchev–Trinajstić information content (AvgIpc) is 2.30. The van der Waals surface area contributed by atoms with Gasteiger partial charge in [-0.15, -0.1) is 0 Å². The lowest BCUT2D eigenvalue weighted by Crippen LogP contribution is -2.42. The average molecular weight is 305 g/mol. The minimum Gasteiger partial charge on any atom is -0.481 e. The molecule has 0 spiro atoms. The van der Waals surface area contributed by atoms with Crippen LogP contribution in [-0.4, -0.2) is 36.6 Å². The van der Waals surface area contributed by atoms with Crippen molar-refractivity contribution in [2.24, 2.45) is 0 Å². The number of benzene rings is 1. The second kappa shape index (κ2) is 5.97. The molecule has 0 amide bonds. The monoisotopic (exact) mass is 305 g/mol. The van der Waals surface area contributed by atoms with E-state index in [1.165, 1.54) is 13.0 Å². The smallest absolute Gasteiger partial charge is 0.322 e. The molecule has 3 N–H and O–H groups in total. The Balaban J connectivity index is 3.12. The Morgan fingerprint density at radius 1 is 1.35 bits per heavy atom. The van der Waals surface area contributed by atoms with Gasteiger partial charge in [0.1, 0.15) is 11.9 Å². The normalized spacial score (nSPS) is 12.9. The number of halogens is 1. The highest BCUT2D eigenvalue weighted by Gasteiger charge is 2.28. The first-order chi connectivity index (χ1) is 9.13. The second-order valence-corrected chi connectivity index (χ2v) is 5.70. The van der Waals surface area contributed by atoms with Gasteiger partial charge < -0.3 is 10.2 Å². The highest BCUT2D eigenvalue weighted by Crippen LogP contribution is 2.17. The lowest BCUT2D eigenvalue weighted by Gasteiger charge is -2.14. The third-order valence-electron chi connectivity index (χ3n) is 2.41. The molecule has 0 aliphatic carbocycles. The van der Waals surface area contributed by atoms with E-state index in [-0.39, 0.29) is 5.56 Å². The number of hydrogen-bond donors (Lipinski definition) is 3. The summed E-state index contributed by atoms with van der Waals surface area (Å²) in [6.45, 7) is 1.40. The fourth-order valence-electron chi connectivity index (χ4n) is 1.47. The molecular weight excluding hydrogens is 293 g/mol. The molecule has 9 heteroatoms. The summed E-state index contributed by atoms with van der Waals surface area (Å²) in [5.41, 5.74) is 0.207. The molecule has 0 bridgehead atoms. The summed E-state index contributed by atoms with van der Waals surface area (Å²) in [5, 5.41) is 17.3. The highest BCUT2D eigenvalue weighted by atomic mass is 32.2. The summed E-state index contributed by atoms with van der Waals surface area (Å²) in [5.74, 6) is -3.91. The van der Waals surface area contributed by atoms with Gasteiger partial charge in [0.15, 0.2) is 0 Å². The zero-order valence-electron chi connectivity index (χ0n) is 10.3. The number of rotatable bonds is 6. The van der Waals surface area contributed by atoms with Crippen molar-refractivity contribution in [3.63, 3.8) is 0 Å². The van der Waals surface area contributed by atoms with Crippen molar-refractivity contribution in [3.05, 3.63) is 29.6 Å². The van der Waals surface area contributed by atoms with Gasteiger partial charge in [0.05, 0.1) is 11.3 Å². The second-order valence-electron chi connectivity index (χ2n) is 4.02. The molecule has 1 aromatic carbocycles. The molecule has 1 atom stereocenters. The van der Waals surface area contributed by atoms with Crippen LogP contribution in [0.3, 0.4) is 0 Å². The van der Waals surface area contributed by atoms with E-state index in [2.05, 4.69) is 0 Å². The van der Waals surface area contributed by atoms with E-state index in [1.807, 2.05) is 0 Å². The van der Waals surface area contributed by atoms with Crippen LogP contribution in [0, 0.1) is 12.7 Å². The van der Waals surface area contributed by atoms with E-state index in [9.17, 15) is 22.4 Å². The number of aryl methyl sites for hydroxylation is 1. The molecule has 1 aromatic rings. The molecule has 0 aliphatic rings. The van der Waals surface area contributed by atoms with Crippen molar-refractivity contribution in [1.29, 1.82) is 0 Å². The number of carboxylic acids is 2. The molecule has 0 unspecified atom stereocenters. The summed E-state index contributed by atoms with van der Waals surface area (Å²) in [4.78, 5) is 20.9. The summed E-state index contributed by atoms with van der Waals surface area (Å²) in [6, 6.07) is 1.18. The molecular formula is C11H12FNO6S. The molecule has 0 saturated carbocycles. The van der Waals surface area contributed by atoms with Gasteiger partial charge in [0, 0.05) is 0 Å². The van der Waals surface area contributed by atoms with Crippen LogP contribution in [0.2, 0.25) is 0 Å². The first kappa shape index (κ1) is 16.1. The summed E-state index contributed by atoms with van der Waals surface area (Å²) in [7, 11) is -4.34. The summed E-state index contributed by atoms with van der Waals surface area (Å²) >= 11 is 0. The number of sulfonamides is 1. The Kier molecular flexibility index (Phi) is 4.79. The van der Waals surface area contributed by atoms with E-state index in [0.29, 0.717) is 0 Å². The number of carboxylic acid groups (broad SMARTS) is 2. The van der Waals surface area contributed by atoms with Crippen LogP contribution in [0.15, 0.2) is 23.1 Å². The van der Waals surface area contributed by atoms with Crippen molar-refractivity contribution in [2.75, 3.05) is 0 Å². The third kappa shape index (κ3) is 4.00. The van der Waals surface area contributed by atoms with E-state index < -0.39 is 45.1 Å². The Labute approximate surface area is 114 Å².